The van der Waals surface area contributed by atoms with Gasteiger partial charge in [0.1, 0.15) is 17.3 Å². The fraction of sp³-hybridized carbons (Fsp3) is 0.178. The zero-order valence-electron chi connectivity index (χ0n) is 62.8. The maximum absolute atomic E-state index is 9.48. The van der Waals surface area contributed by atoms with Gasteiger partial charge in [-0.2, -0.15) is 0 Å². The summed E-state index contributed by atoms with van der Waals surface area (Å²) in [6, 6.07) is 28.7. The number of nitrogens with zero attached hydrogens (tertiary/aromatic N) is 4. The number of para-hydroxylation sites is 1. The number of rotatable bonds is 9. The van der Waals surface area contributed by atoms with Crippen molar-refractivity contribution in [2.24, 2.45) is 0 Å². The number of ether oxygens (including phenoxy) is 1. The van der Waals surface area contributed by atoms with Gasteiger partial charge in [-0.05, 0) is 133 Å². The molecule has 78 heavy (non-hydrogen) atoms. The quantitative estimate of drug-likeness (QED) is 0.107. The van der Waals surface area contributed by atoms with Crippen LogP contribution in [0.3, 0.4) is 0 Å². The molecule has 0 amide bonds. The van der Waals surface area contributed by atoms with Gasteiger partial charge in [0.25, 0.3) is 6.33 Å². The van der Waals surface area contributed by atoms with Crippen LogP contribution in [-0.4, -0.2) is 14.1 Å². The van der Waals surface area contributed by atoms with Crippen LogP contribution in [0.2, 0.25) is 0 Å². The van der Waals surface area contributed by atoms with Crippen LogP contribution in [0, 0.1) is 13.2 Å². The lowest BCUT2D eigenvalue weighted by Crippen LogP contribution is -2.32. The van der Waals surface area contributed by atoms with E-state index >= 15 is 0 Å². The molecule has 3 aromatic heterocycles. The van der Waals surface area contributed by atoms with Gasteiger partial charge < -0.3 is 4.74 Å². The molecule has 0 saturated carbocycles. The van der Waals surface area contributed by atoms with Crippen LogP contribution in [0.4, 0.5) is 0 Å². The van der Waals surface area contributed by atoms with Crippen LogP contribution in [-0.2, 0) is 16.2 Å². The van der Waals surface area contributed by atoms with E-state index in [0.29, 0.717) is 44.8 Å². The number of aromatic nitrogens is 4. The molecule has 3 heterocycles. The Morgan fingerprint density at radius 1 is 0.487 bits per heavy atom. The maximum atomic E-state index is 9.48. The molecule has 12 aromatic rings. The van der Waals surface area contributed by atoms with Crippen molar-refractivity contribution in [3.8, 4) is 73.2 Å². The number of aryl methyl sites for hydroxylation is 1. The molecule has 0 unspecified atom stereocenters. The van der Waals surface area contributed by atoms with E-state index in [2.05, 4.69) is 66.1 Å². The number of imidazole rings is 1. The first-order chi connectivity index (χ1) is 44.9. The lowest BCUT2D eigenvalue weighted by atomic mass is 9.79. The van der Waals surface area contributed by atoms with E-state index < -0.39 is 103 Å². The van der Waals surface area contributed by atoms with Crippen LogP contribution in [0.25, 0.3) is 94.5 Å². The Hall–Kier alpha value is -8.80. The van der Waals surface area contributed by atoms with Crippen molar-refractivity contribution >= 4 is 32.8 Å². The predicted molar refractivity (Wildman–Crippen MR) is 325 cm³/mol. The van der Waals surface area contributed by atoms with Gasteiger partial charge in [-0.15, -0.1) is 0 Å². The maximum Gasteiger partial charge on any atom is 0.269 e. The molecule has 9 aromatic carbocycles. The Labute approximate surface area is 485 Å². The Morgan fingerprint density at radius 2 is 1.06 bits per heavy atom. The smallest absolute Gasteiger partial charge is 0.269 e. The monoisotopic (exact) mass is 1030 g/mol. The first kappa shape index (κ1) is 33.4. The van der Waals surface area contributed by atoms with Crippen LogP contribution in [0.1, 0.15) is 109 Å². The van der Waals surface area contributed by atoms with Gasteiger partial charge in [0.05, 0.1) is 54.0 Å². The van der Waals surface area contributed by atoms with E-state index in [1.165, 1.54) is 12.3 Å². The summed E-state index contributed by atoms with van der Waals surface area (Å²) in [7, 11) is 0. The summed E-state index contributed by atoms with van der Waals surface area (Å²) in [6.07, 6.45) is 4.81. The first-order valence-electron chi connectivity index (χ1n) is 34.8. The summed E-state index contributed by atoms with van der Waals surface area (Å²) in [5.74, 6) is 0.871. The lowest BCUT2D eigenvalue weighted by Gasteiger charge is -2.26. The molecule has 0 radical (unpaired) electrons. The molecule has 5 heteroatoms. The number of hydrogen-bond acceptors (Lipinski definition) is 2. The molecule has 0 bridgehead atoms. The second kappa shape index (κ2) is 19.3. The SMILES string of the molecule is [2H]c1c([2H])c([2H])c(-c2cnc(-n3c4ccccc4c4ccc(Oc5cccc(-n6[c-][n+](-c7c(-c8c([2H])c([2H])c([2H])c([2H])c8[2H])cc(C(C)(C)C)cc7-c7c([2H])c([2H])c([2H])c([2H])c7[2H])c7ccc(-c8cc(C(C)(C)C)cc(C(C)(C)C)c8)cc76)c5)cc43)cc2C([2H])([2H])[2H])c([2H])c1[2H]. The molecule has 5 nitrogen and oxygen atoms in total. The van der Waals surface area contributed by atoms with Crippen molar-refractivity contribution in [1.29, 1.82) is 0 Å². The topological polar surface area (TPSA) is 35.9 Å². The summed E-state index contributed by atoms with van der Waals surface area (Å²) in [4.78, 5) is 4.74. The summed E-state index contributed by atoms with van der Waals surface area (Å²) in [6.45, 7) is 15.9. The predicted octanol–water partition coefficient (Wildman–Crippen LogP) is 18.9. The highest BCUT2D eigenvalue weighted by Gasteiger charge is 2.26. The fourth-order valence-electron chi connectivity index (χ4n) is 10.00. The van der Waals surface area contributed by atoms with Gasteiger partial charge in [-0.1, -0.05) is 220 Å². The number of hydrogen-bond donors (Lipinski definition) is 0. The molecule has 0 aliphatic rings. The third-order valence-electron chi connectivity index (χ3n) is 14.2. The van der Waals surface area contributed by atoms with Gasteiger partial charge >= 0.3 is 0 Å². The van der Waals surface area contributed by atoms with Crippen molar-refractivity contribution in [3.05, 3.63) is 247 Å². The van der Waals surface area contributed by atoms with Gasteiger partial charge in [0.15, 0.2) is 0 Å². The number of pyridine rings is 1. The summed E-state index contributed by atoms with van der Waals surface area (Å²) >= 11 is 0. The summed E-state index contributed by atoms with van der Waals surface area (Å²) in [5.41, 5.74) is 5.30. The normalized spacial score (nSPS) is 15.7. The zero-order valence-corrected chi connectivity index (χ0v) is 44.8. The van der Waals surface area contributed by atoms with E-state index in [1.54, 1.807) is 56.2 Å². The standard InChI is InChI=1S/C73H66N4O/c1-48-37-69(74-46-64(48)51-27-18-13-19-28-51)77-65-32-21-20-31-60(65)61-35-34-59(45-67(61)77)78-58-30-22-29-57(44-58)75-47-76(66-36-33-52(40-68(66)75)53-38-54(71(2,3)4)41-55(39-53)72(5,6)7)70-62(49-23-14-11-15-24-49)42-56(73(8,9)10)43-63(70)50-25-16-12-17-26-50/h11-46H,1-10H3/i1D3,11D,12D,13D,14D,15D,16D,17D,18D,19D,23D,24D,25D,26D,27D,28D. The summed E-state index contributed by atoms with van der Waals surface area (Å²) in [5, 5.41) is 1.56. The molecule has 0 aliphatic heterocycles. The largest absolute Gasteiger partial charge is 0.458 e. The van der Waals surface area contributed by atoms with E-state index in [-0.39, 0.29) is 61.3 Å². The van der Waals surface area contributed by atoms with E-state index in [1.807, 2.05) is 75.4 Å². The molecule has 0 saturated heterocycles. The Kier molecular flexibility index (Phi) is 8.27. The molecule has 384 valence electrons. The number of fused-ring (bicyclic) bond motifs is 4. The van der Waals surface area contributed by atoms with Crippen molar-refractivity contribution in [2.45, 2.75) is 85.4 Å². The molecular weight excluding hydrogens is 949 g/mol. The van der Waals surface area contributed by atoms with Crippen LogP contribution < -0.4 is 9.30 Å². The molecule has 0 fully saturated rings. The highest BCUT2D eigenvalue weighted by molar-refractivity contribution is 6.09. The van der Waals surface area contributed by atoms with Crippen molar-refractivity contribution in [3.63, 3.8) is 0 Å². The first-order valence-corrected chi connectivity index (χ1v) is 25.8. The van der Waals surface area contributed by atoms with Crippen molar-refractivity contribution in [1.82, 2.24) is 14.1 Å². The minimum atomic E-state index is -2.83. The molecule has 0 spiro atoms. The molecule has 0 aliphatic carbocycles. The average Bonchev–Trinajstić information content (AvgIpc) is 1.37. The second-order valence-electron chi connectivity index (χ2n) is 22.7. The van der Waals surface area contributed by atoms with Gasteiger partial charge in [0, 0.05) is 32.7 Å². The van der Waals surface area contributed by atoms with Crippen LogP contribution in [0.5, 0.6) is 11.5 Å². The number of benzene rings is 9. The van der Waals surface area contributed by atoms with Crippen molar-refractivity contribution in [2.75, 3.05) is 0 Å². The minimum Gasteiger partial charge on any atom is -0.458 e. The Balaban J connectivity index is 1.10. The highest BCUT2D eigenvalue weighted by Crippen LogP contribution is 2.42. The van der Waals surface area contributed by atoms with Gasteiger partial charge in [-0.25, -0.2) is 4.98 Å². The van der Waals surface area contributed by atoms with E-state index in [4.69, 9.17) is 28.9 Å². The van der Waals surface area contributed by atoms with Crippen LogP contribution >= 0.6 is 0 Å². The zero-order chi connectivity index (χ0) is 69.6. The van der Waals surface area contributed by atoms with E-state index in [9.17, 15) is 5.48 Å². The fourth-order valence-corrected chi connectivity index (χ4v) is 10.00. The van der Waals surface area contributed by atoms with Crippen LogP contribution in [0.15, 0.2) is 218 Å². The van der Waals surface area contributed by atoms with Gasteiger partial charge in [-0.3, -0.25) is 13.7 Å². The van der Waals surface area contributed by atoms with Crippen molar-refractivity contribution < 1.29 is 34.0 Å². The highest BCUT2D eigenvalue weighted by atomic mass is 16.5. The molecule has 0 atom stereocenters. The molecular formula is C73H66N4O. The lowest BCUT2D eigenvalue weighted by molar-refractivity contribution is -0.571. The molecule has 12 rings (SSSR count). The Bertz CT molecular complexity index is 5070. The molecule has 0 N–H and O–H groups in total. The second-order valence-corrected chi connectivity index (χ2v) is 22.7. The summed E-state index contributed by atoms with van der Waals surface area (Å²) < 4.78 is 171. The van der Waals surface area contributed by atoms with Gasteiger partial charge in [0.2, 0.25) is 0 Å². The average molecular weight is 1030 g/mol. The Morgan fingerprint density at radius 3 is 1.68 bits per heavy atom. The van der Waals surface area contributed by atoms with E-state index in [0.717, 1.165) is 33.0 Å². The third-order valence-corrected chi connectivity index (χ3v) is 14.2. The third kappa shape index (κ3) is 9.38. The minimum absolute atomic E-state index is 0.109.